The molecule has 1 amide bonds. The molecule has 136 valence electrons. The lowest BCUT2D eigenvalue weighted by atomic mass is 10.1. The number of non-ortho nitro benzene ring substituents is 1. The molecule has 0 aliphatic rings. The summed E-state index contributed by atoms with van der Waals surface area (Å²) in [5.74, 6) is -1.41. The number of carbonyl (C=O) groups excluding carboxylic acids is 2. The summed E-state index contributed by atoms with van der Waals surface area (Å²) >= 11 is 5.91. The van der Waals surface area contributed by atoms with Gasteiger partial charge in [0.05, 0.1) is 27.8 Å². The van der Waals surface area contributed by atoms with Crippen molar-refractivity contribution in [3.8, 4) is 0 Å². The monoisotopic (exact) mass is 378 g/mol. The third-order valence-electron chi connectivity index (χ3n) is 3.44. The maximum Gasteiger partial charge on any atom is 0.338 e. The van der Waals surface area contributed by atoms with Crippen molar-refractivity contribution in [3.05, 3.63) is 68.7 Å². The van der Waals surface area contributed by atoms with Crippen LogP contribution in [0.1, 0.15) is 22.8 Å². The molecule has 1 unspecified atom stereocenters. The quantitative estimate of drug-likeness (QED) is 0.453. The Kier molecular flexibility index (Phi) is 6.26. The van der Waals surface area contributed by atoms with Crippen LogP contribution in [0.15, 0.2) is 42.5 Å². The van der Waals surface area contributed by atoms with E-state index in [0.717, 1.165) is 6.07 Å². The number of nitrogens with zero attached hydrogens (tertiary/aromatic N) is 1. The third-order valence-corrected chi connectivity index (χ3v) is 3.77. The van der Waals surface area contributed by atoms with Gasteiger partial charge in [-0.3, -0.25) is 14.9 Å². The van der Waals surface area contributed by atoms with Crippen LogP contribution < -0.4 is 5.32 Å². The number of amides is 1. The van der Waals surface area contributed by atoms with Crippen LogP contribution in [0.2, 0.25) is 5.02 Å². The molecule has 0 aromatic heterocycles. The molecule has 0 aliphatic heterocycles. The highest BCUT2D eigenvalue weighted by Crippen LogP contribution is 2.26. The van der Waals surface area contributed by atoms with Gasteiger partial charge in [0.15, 0.2) is 6.10 Å². The highest BCUT2D eigenvalue weighted by molar-refractivity contribution is 6.33. The molecular weight excluding hydrogens is 364 g/mol. The Morgan fingerprint density at radius 1 is 1.27 bits per heavy atom. The predicted octanol–water partition coefficient (Wildman–Crippen LogP) is 2.92. The van der Waals surface area contributed by atoms with E-state index in [1.54, 1.807) is 12.1 Å². The number of aliphatic hydroxyl groups is 1. The number of rotatable bonds is 6. The molecule has 1 atom stereocenters. The van der Waals surface area contributed by atoms with Crippen LogP contribution in [-0.2, 0) is 16.1 Å². The van der Waals surface area contributed by atoms with Crippen molar-refractivity contribution in [3.63, 3.8) is 0 Å². The first-order valence-electron chi connectivity index (χ1n) is 7.47. The fourth-order valence-electron chi connectivity index (χ4n) is 1.99. The van der Waals surface area contributed by atoms with E-state index >= 15 is 0 Å². The number of nitro groups is 1. The van der Waals surface area contributed by atoms with Crippen LogP contribution in [0.5, 0.6) is 0 Å². The SMILES string of the molecule is CC(OC(=O)c1ccc(CO)cc1)C(=O)Nc1cc([N+](=O)[O-])ccc1Cl. The molecule has 0 heterocycles. The number of anilines is 1. The maximum absolute atomic E-state index is 12.2. The first-order chi connectivity index (χ1) is 12.3. The fourth-order valence-corrected chi connectivity index (χ4v) is 2.15. The highest BCUT2D eigenvalue weighted by atomic mass is 35.5. The largest absolute Gasteiger partial charge is 0.449 e. The average molecular weight is 379 g/mol. The lowest BCUT2D eigenvalue weighted by Crippen LogP contribution is -2.30. The Morgan fingerprint density at radius 2 is 1.92 bits per heavy atom. The van der Waals surface area contributed by atoms with Gasteiger partial charge in [0, 0.05) is 12.1 Å². The summed E-state index contributed by atoms with van der Waals surface area (Å²) < 4.78 is 5.07. The van der Waals surface area contributed by atoms with Gasteiger partial charge in [0.1, 0.15) is 0 Å². The third kappa shape index (κ3) is 4.78. The fraction of sp³-hybridized carbons (Fsp3) is 0.176. The van der Waals surface area contributed by atoms with E-state index < -0.39 is 22.9 Å². The van der Waals surface area contributed by atoms with Gasteiger partial charge in [-0.05, 0) is 30.7 Å². The van der Waals surface area contributed by atoms with Gasteiger partial charge >= 0.3 is 5.97 Å². The van der Waals surface area contributed by atoms with E-state index in [4.69, 9.17) is 21.4 Å². The van der Waals surface area contributed by atoms with Crippen LogP contribution >= 0.6 is 11.6 Å². The molecule has 0 aliphatic carbocycles. The van der Waals surface area contributed by atoms with Crippen molar-refractivity contribution in [1.29, 1.82) is 0 Å². The van der Waals surface area contributed by atoms with E-state index in [2.05, 4.69) is 5.32 Å². The number of nitro benzene ring substituents is 1. The van der Waals surface area contributed by atoms with Gasteiger partial charge in [-0.25, -0.2) is 4.79 Å². The second kappa shape index (κ2) is 8.41. The summed E-state index contributed by atoms with van der Waals surface area (Å²) in [6.45, 7) is 1.21. The number of nitrogens with one attached hydrogen (secondary N) is 1. The van der Waals surface area contributed by atoms with Crippen LogP contribution in [0, 0.1) is 10.1 Å². The number of carbonyl (C=O) groups is 2. The van der Waals surface area contributed by atoms with Gasteiger partial charge in [-0.1, -0.05) is 23.7 Å². The molecule has 0 fully saturated rings. The zero-order valence-corrected chi connectivity index (χ0v) is 14.4. The molecule has 0 saturated heterocycles. The molecule has 0 bridgehead atoms. The summed E-state index contributed by atoms with van der Waals surface area (Å²) in [4.78, 5) is 34.4. The van der Waals surface area contributed by atoms with E-state index in [0.29, 0.717) is 5.56 Å². The molecule has 9 heteroatoms. The summed E-state index contributed by atoms with van der Waals surface area (Å²) in [5.41, 5.74) is 0.655. The van der Waals surface area contributed by atoms with E-state index in [1.165, 1.54) is 31.2 Å². The van der Waals surface area contributed by atoms with Crippen LogP contribution in [0.3, 0.4) is 0 Å². The zero-order chi connectivity index (χ0) is 19.3. The Hall–Kier alpha value is -2.97. The lowest BCUT2D eigenvalue weighted by Gasteiger charge is -2.14. The molecule has 8 nitrogen and oxygen atoms in total. The highest BCUT2D eigenvalue weighted by Gasteiger charge is 2.21. The van der Waals surface area contributed by atoms with Gasteiger partial charge in [-0.2, -0.15) is 0 Å². The Balaban J connectivity index is 2.04. The van der Waals surface area contributed by atoms with Crippen molar-refractivity contribution in [1.82, 2.24) is 0 Å². The molecule has 2 rings (SSSR count). The summed E-state index contributed by atoms with van der Waals surface area (Å²) in [6, 6.07) is 9.66. The van der Waals surface area contributed by atoms with Gasteiger partial charge in [0.2, 0.25) is 0 Å². The molecule has 0 radical (unpaired) electrons. The molecule has 26 heavy (non-hydrogen) atoms. The maximum atomic E-state index is 12.2. The molecule has 2 N–H and O–H groups in total. The van der Waals surface area contributed by atoms with Crippen LogP contribution in [0.4, 0.5) is 11.4 Å². The number of ether oxygens (including phenoxy) is 1. The van der Waals surface area contributed by atoms with Crippen molar-refractivity contribution in [2.24, 2.45) is 0 Å². The van der Waals surface area contributed by atoms with Crippen LogP contribution in [-0.4, -0.2) is 28.0 Å². The van der Waals surface area contributed by atoms with Crippen molar-refractivity contribution in [2.75, 3.05) is 5.32 Å². The first kappa shape index (κ1) is 19.4. The topological polar surface area (TPSA) is 119 Å². The molecule has 2 aromatic carbocycles. The van der Waals surface area contributed by atoms with Gasteiger partial charge in [0.25, 0.3) is 11.6 Å². The number of hydrogen-bond acceptors (Lipinski definition) is 6. The standard InChI is InChI=1S/C17H15ClN2O6/c1-10(26-17(23)12-4-2-11(9-21)3-5-12)16(22)19-15-8-13(20(24)25)6-7-14(15)18/h2-8,10,21H,9H2,1H3,(H,19,22). The molecule has 2 aromatic rings. The Morgan fingerprint density at radius 3 is 2.50 bits per heavy atom. The normalized spacial score (nSPS) is 11.5. The smallest absolute Gasteiger partial charge is 0.338 e. The second-order valence-corrected chi connectivity index (χ2v) is 5.72. The summed E-state index contributed by atoms with van der Waals surface area (Å²) in [5, 5.41) is 22.3. The number of benzene rings is 2. The van der Waals surface area contributed by atoms with Gasteiger partial charge in [-0.15, -0.1) is 0 Å². The Labute approximate surface area is 153 Å². The van der Waals surface area contributed by atoms with Crippen molar-refractivity contribution in [2.45, 2.75) is 19.6 Å². The molecule has 0 spiro atoms. The minimum atomic E-state index is -1.16. The number of hydrogen-bond donors (Lipinski definition) is 2. The van der Waals surface area contributed by atoms with E-state index in [9.17, 15) is 19.7 Å². The zero-order valence-electron chi connectivity index (χ0n) is 13.6. The number of halogens is 1. The predicted molar refractivity (Wildman–Crippen MR) is 94.0 cm³/mol. The molecular formula is C17H15ClN2O6. The minimum absolute atomic E-state index is 0.0427. The lowest BCUT2D eigenvalue weighted by molar-refractivity contribution is -0.384. The summed E-state index contributed by atoms with van der Waals surface area (Å²) in [6.07, 6.45) is -1.16. The minimum Gasteiger partial charge on any atom is -0.449 e. The number of aliphatic hydroxyl groups excluding tert-OH is 1. The van der Waals surface area contributed by atoms with E-state index in [1.807, 2.05) is 0 Å². The Bertz CT molecular complexity index is 838. The average Bonchev–Trinajstić information content (AvgIpc) is 2.63. The van der Waals surface area contributed by atoms with Crippen LogP contribution in [0.25, 0.3) is 0 Å². The summed E-state index contributed by atoms with van der Waals surface area (Å²) in [7, 11) is 0. The van der Waals surface area contributed by atoms with Crippen molar-refractivity contribution < 1.29 is 24.4 Å². The van der Waals surface area contributed by atoms with E-state index in [-0.39, 0.29) is 28.6 Å². The number of esters is 1. The second-order valence-electron chi connectivity index (χ2n) is 5.31. The van der Waals surface area contributed by atoms with Crippen molar-refractivity contribution >= 4 is 34.9 Å². The molecule has 0 saturated carbocycles. The first-order valence-corrected chi connectivity index (χ1v) is 7.85. The van der Waals surface area contributed by atoms with Gasteiger partial charge < -0.3 is 15.2 Å².